The van der Waals surface area contributed by atoms with Gasteiger partial charge in [-0.05, 0) is 36.8 Å². The molecular formula is C24H25N5O7. The van der Waals surface area contributed by atoms with E-state index in [0.717, 1.165) is 4.57 Å². The fraction of sp³-hybridized carbons (Fsp3) is 0.375. The molecule has 12 heteroatoms. The smallest absolute Gasteiger partial charge is 0.409 e. The molecule has 12 nitrogen and oxygen atoms in total. The second kappa shape index (κ2) is 9.72. The first-order chi connectivity index (χ1) is 17.5. The third kappa shape index (κ3) is 4.37. The summed E-state index contributed by atoms with van der Waals surface area (Å²) >= 11 is 0. The van der Waals surface area contributed by atoms with Crippen molar-refractivity contribution in [1.82, 2.24) is 23.9 Å². The number of aromatic nitrogens is 3. The maximum atomic E-state index is 13.5. The van der Waals surface area contributed by atoms with Gasteiger partial charge in [-0.1, -0.05) is 6.07 Å². The molecule has 1 saturated heterocycles. The van der Waals surface area contributed by atoms with Crippen LogP contribution in [0.15, 0.2) is 46.1 Å². The first kappa shape index (κ1) is 23.4. The van der Waals surface area contributed by atoms with Crippen LogP contribution in [0.25, 0.3) is 11.0 Å². The second-order valence-electron chi connectivity index (χ2n) is 8.39. The van der Waals surface area contributed by atoms with Crippen molar-refractivity contribution >= 4 is 23.0 Å². The highest BCUT2D eigenvalue weighted by Crippen LogP contribution is 2.32. The summed E-state index contributed by atoms with van der Waals surface area (Å²) in [5, 5.41) is 0. The summed E-state index contributed by atoms with van der Waals surface area (Å²) in [6, 6.07) is 8.40. The first-order valence-electron chi connectivity index (χ1n) is 11.6. The van der Waals surface area contributed by atoms with Crippen LogP contribution in [-0.4, -0.2) is 75.5 Å². The number of pyridine rings is 1. The number of carbonyl (C=O) groups excluding carboxylic acids is 2. The molecule has 188 valence electrons. The van der Waals surface area contributed by atoms with E-state index in [9.17, 15) is 19.2 Å². The Morgan fingerprint density at radius 2 is 1.75 bits per heavy atom. The number of amides is 2. The average Bonchev–Trinajstić information content (AvgIpc) is 3.37. The van der Waals surface area contributed by atoms with Crippen LogP contribution in [-0.2, 0) is 22.6 Å². The van der Waals surface area contributed by atoms with E-state index in [0.29, 0.717) is 43.2 Å². The fourth-order valence-corrected chi connectivity index (χ4v) is 4.35. The zero-order valence-electron chi connectivity index (χ0n) is 19.7. The zero-order valence-corrected chi connectivity index (χ0v) is 19.7. The number of hydrogen-bond donors (Lipinski definition) is 0. The molecule has 2 aliphatic rings. The largest absolute Gasteiger partial charge is 0.454 e. The molecule has 0 radical (unpaired) electrons. The van der Waals surface area contributed by atoms with Crippen LogP contribution in [0.4, 0.5) is 4.79 Å². The number of ether oxygens (including phenoxy) is 3. The molecule has 0 aliphatic carbocycles. The Bertz CT molecular complexity index is 1440. The van der Waals surface area contributed by atoms with Gasteiger partial charge in [-0.2, -0.15) is 0 Å². The molecule has 4 heterocycles. The van der Waals surface area contributed by atoms with Gasteiger partial charge < -0.3 is 24.0 Å². The van der Waals surface area contributed by atoms with Gasteiger partial charge in [0.2, 0.25) is 12.7 Å². The molecule has 1 aromatic carbocycles. The summed E-state index contributed by atoms with van der Waals surface area (Å²) in [7, 11) is 0. The lowest BCUT2D eigenvalue weighted by Gasteiger charge is -2.34. The Kier molecular flexibility index (Phi) is 6.32. The lowest BCUT2D eigenvalue weighted by atomic mass is 10.2. The van der Waals surface area contributed by atoms with Crippen molar-refractivity contribution in [1.29, 1.82) is 0 Å². The van der Waals surface area contributed by atoms with Crippen LogP contribution < -0.4 is 20.7 Å². The van der Waals surface area contributed by atoms with Gasteiger partial charge >= 0.3 is 11.8 Å². The summed E-state index contributed by atoms with van der Waals surface area (Å²) in [6.07, 6.45) is 1.06. The number of carbonyl (C=O) groups is 2. The molecule has 1 fully saturated rings. The molecule has 0 unspecified atom stereocenters. The molecule has 3 aromatic rings. The van der Waals surface area contributed by atoms with Crippen molar-refractivity contribution in [3.05, 3.63) is 62.9 Å². The molecule has 2 aliphatic heterocycles. The van der Waals surface area contributed by atoms with Crippen molar-refractivity contribution in [3.63, 3.8) is 0 Å². The Morgan fingerprint density at radius 1 is 1.00 bits per heavy atom. The number of hydrogen-bond acceptors (Lipinski definition) is 8. The summed E-state index contributed by atoms with van der Waals surface area (Å²) in [5.41, 5.74) is -0.107. The van der Waals surface area contributed by atoms with Crippen molar-refractivity contribution in [2.45, 2.75) is 20.0 Å². The van der Waals surface area contributed by atoms with Crippen LogP contribution in [0.2, 0.25) is 0 Å². The van der Waals surface area contributed by atoms with Crippen LogP contribution >= 0.6 is 0 Å². The zero-order chi connectivity index (χ0) is 25.2. The Morgan fingerprint density at radius 3 is 2.53 bits per heavy atom. The predicted molar refractivity (Wildman–Crippen MR) is 127 cm³/mol. The lowest BCUT2D eigenvalue weighted by molar-refractivity contribution is -0.133. The normalized spacial score (nSPS) is 14.8. The molecule has 2 aromatic heterocycles. The van der Waals surface area contributed by atoms with Gasteiger partial charge in [-0.3, -0.25) is 18.7 Å². The van der Waals surface area contributed by atoms with E-state index in [4.69, 9.17) is 14.2 Å². The molecule has 0 spiro atoms. The number of piperazine rings is 1. The van der Waals surface area contributed by atoms with Gasteiger partial charge in [0.05, 0.1) is 18.7 Å². The third-order valence-electron chi connectivity index (χ3n) is 6.22. The van der Waals surface area contributed by atoms with Crippen LogP contribution in [0.3, 0.4) is 0 Å². The summed E-state index contributed by atoms with van der Waals surface area (Å²) in [6.45, 7) is 3.16. The Labute approximate surface area is 205 Å². The quantitative estimate of drug-likeness (QED) is 0.505. The average molecular weight is 495 g/mol. The number of benzene rings is 1. The summed E-state index contributed by atoms with van der Waals surface area (Å²) in [5.74, 6) is 0.841. The minimum absolute atomic E-state index is 0.0206. The minimum atomic E-state index is -0.614. The van der Waals surface area contributed by atoms with E-state index >= 15 is 0 Å². The first-order valence-corrected chi connectivity index (χ1v) is 11.6. The number of nitrogens with zero attached hydrogens (tertiary/aromatic N) is 5. The van der Waals surface area contributed by atoms with Gasteiger partial charge in [-0.25, -0.2) is 14.6 Å². The highest BCUT2D eigenvalue weighted by molar-refractivity contribution is 5.80. The van der Waals surface area contributed by atoms with E-state index in [1.165, 1.54) is 10.8 Å². The van der Waals surface area contributed by atoms with Crippen LogP contribution in [0, 0.1) is 0 Å². The topological polar surface area (TPSA) is 125 Å². The van der Waals surface area contributed by atoms with Crippen molar-refractivity contribution < 1.29 is 23.8 Å². The molecule has 0 N–H and O–H groups in total. The van der Waals surface area contributed by atoms with Gasteiger partial charge in [0.25, 0.3) is 5.56 Å². The highest BCUT2D eigenvalue weighted by Gasteiger charge is 2.26. The molecule has 36 heavy (non-hydrogen) atoms. The standard InChI is InChI=1S/C24H25N5O7/c1-2-34-24(33)27-10-8-26(9-11-27)20(30)14-28-17-4-3-7-25-21(17)22(31)29(23(28)32)13-16-5-6-18-19(12-16)36-15-35-18/h3-7,12H,2,8-11,13-15H2,1H3. The highest BCUT2D eigenvalue weighted by atomic mass is 16.7. The second-order valence-corrected chi connectivity index (χ2v) is 8.39. The molecule has 5 rings (SSSR count). The maximum Gasteiger partial charge on any atom is 0.409 e. The van der Waals surface area contributed by atoms with Gasteiger partial charge in [0.1, 0.15) is 6.54 Å². The van der Waals surface area contributed by atoms with Crippen LogP contribution in [0.5, 0.6) is 11.5 Å². The van der Waals surface area contributed by atoms with Crippen molar-refractivity contribution in [2.24, 2.45) is 0 Å². The van der Waals surface area contributed by atoms with E-state index in [1.54, 1.807) is 47.1 Å². The molecule has 2 amide bonds. The maximum absolute atomic E-state index is 13.5. The number of fused-ring (bicyclic) bond motifs is 2. The van der Waals surface area contributed by atoms with E-state index in [1.807, 2.05) is 0 Å². The molecular weight excluding hydrogens is 470 g/mol. The molecule has 0 saturated carbocycles. The van der Waals surface area contributed by atoms with Gasteiger partial charge in [-0.15, -0.1) is 0 Å². The van der Waals surface area contributed by atoms with E-state index < -0.39 is 17.3 Å². The molecule has 0 bridgehead atoms. The Hall–Kier alpha value is -4.35. The lowest BCUT2D eigenvalue weighted by Crippen LogP contribution is -2.52. The predicted octanol–water partition coefficient (Wildman–Crippen LogP) is 0.636. The van der Waals surface area contributed by atoms with Crippen molar-refractivity contribution in [3.8, 4) is 11.5 Å². The number of rotatable bonds is 5. The fourth-order valence-electron chi connectivity index (χ4n) is 4.35. The summed E-state index contributed by atoms with van der Waals surface area (Å²) in [4.78, 5) is 59.1. The molecule has 0 atom stereocenters. The van der Waals surface area contributed by atoms with E-state index in [-0.39, 0.29) is 43.4 Å². The Balaban J connectivity index is 1.42. The summed E-state index contributed by atoms with van der Waals surface area (Å²) < 4.78 is 18.1. The van der Waals surface area contributed by atoms with E-state index in [2.05, 4.69) is 4.98 Å². The SMILES string of the molecule is CCOC(=O)N1CCN(C(=O)Cn2c(=O)n(Cc3ccc4c(c3)OCO4)c(=O)c3ncccc32)CC1. The van der Waals surface area contributed by atoms with Crippen molar-refractivity contribution in [2.75, 3.05) is 39.6 Å². The third-order valence-corrected chi connectivity index (χ3v) is 6.22. The van der Waals surface area contributed by atoms with Gasteiger partial charge in [0, 0.05) is 32.4 Å². The van der Waals surface area contributed by atoms with Crippen LogP contribution in [0.1, 0.15) is 12.5 Å². The van der Waals surface area contributed by atoms with Gasteiger partial charge in [0.15, 0.2) is 17.0 Å². The minimum Gasteiger partial charge on any atom is -0.454 e. The monoisotopic (exact) mass is 495 g/mol.